The van der Waals surface area contributed by atoms with Gasteiger partial charge in [0.1, 0.15) is 17.1 Å². The molecule has 0 aliphatic carbocycles. The third kappa shape index (κ3) is 3.20. The fourth-order valence-corrected chi connectivity index (χ4v) is 3.24. The molecule has 1 saturated heterocycles. The lowest BCUT2D eigenvalue weighted by Crippen LogP contribution is -2.21. The van der Waals surface area contributed by atoms with Gasteiger partial charge in [0, 0.05) is 30.1 Å². The van der Waals surface area contributed by atoms with Crippen molar-refractivity contribution < 1.29 is 18.6 Å². The van der Waals surface area contributed by atoms with Gasteiger partial charge in [0.05, 0.1) is 19.1 Å². The zero-order chi connectivity index (χ0) is 17.2. The van der Waals surface area contributed by atoms with Crippen LogP contribution in [0, 0.1) is 5.92 Å². The van der Waals surface area contributed by atoms with Crippen LogP contribution < -0.4 is 15.1 Å². The summed E-state index contributed by atoms with van der Waals surface area (Å²) in [5.41, 5.74) is 0.162. The number of hydrogen-bond acceptors (Lipinski definition) is 5. The molecule has 0 radical (unpaired) electrons. The number of fused-ring (bicyclic) bond motifs is 3. The number of ether oxygens (including phenoxy) is 3. The molecule has 4 rings (SSSR count). The number of methoxy groups -OCH3 is 1. The molecule has 0 unspecified atom stereocenters. The quantitative estimate of drug-likeness (QED) is 0.535. The standard InChI is InChI=1S/C20H20O5/c1-22-14-2-4-16-17-5-3-15(24-12-13-6-8-23-9-7-13)11-19(17)25-20(21)18(16)10-14/h2-5,10-11,13H,6-9,12H2,1H3. The van der Waals surface area contributed by atoms with Gasteiger partial charge in [-0.05, 0) is 49.1 Å². The minimum atomic E-state index is -0.372. The first-order valence-corrected chi connectivity index (χ1v) is 8.50. The van der Waals surface area contributed by atoms with Gasteiger partial charge in [-0.2, -0.15) is 0 Å². The van der Waals surface area contributed by atoms with Gasteiger partial charge in [-0.25, -0.2) is 4.79 Å². The molecular formula is C20H20O5. The van der Waals surface area contributed by atoms with Crippen molar-refractivity contribution in [2.24, 2.45) is 5.92 Å². The zero-order valence-corrected chi connectivity index (χ0v) is 14.1. The van der Waals surface area contributed by atoms with Crippen LogP contribution in [0.15, 0.2) is 45.6 Å². The maximum absolute atomic E-state index is 12.3. The van der Waals surface area contributed by atoms with E-state index in [4.69, 9.17) is 18.6 Å². The normalized spacial score (nSPS) is 15.6. The molecule has 1 aromatic heterocycles. The lowest BCUT2D eigenvalue weighted by atomic mass is 10.0. The van der Waals surface area contributed by atoms with Crippen molar-refractivity contribution in [2.45, 2.75) is 12.8 Å². The van der Waals surface area contributed by atoms with E-state index in [9.17, 15) is 4.79 Å². The maximum atomic E-state index is 12.3. The monoisotopic (exact) mass is 340 g/mol. The van der Waals surface area contributed by atoms with E-state index in [1.165, 1.54) is 0 Å². The predicted octanol–water partition coefficient (Wildman–Crippen LogP) is 3.76. The van der Waals surface area contributed by atoms with Crippen molar-refractivity contribution in [1.82, 2.24) is 0 Å². The van der Waals surface area contributed by atoms with Crippen molar-refractivity contribution in [3.8, 4) is 11.5 Å². The lowest BCUT2D eigenvalue weighted by Gasteiger charge is -2.22. The van der Waals surface area contributed by atoms with E-state index in [-0.39, 0.29) is 5.63 Å². The summed E-state index contributed by atoms with van der Waals surface area (Å²) in [4.78, 5) is 12.3. The summed E-state index contributed by atoms with van der Waals surface area (Å²) in [6.07, 6.45) is 2.05. The highest BCUT2D eigenvalue weighted by atomic mass is 16.5. The van der Waals surface area contributed by atoms with Gasteiger partial charge < -0.3 is 18.6 Å². The molecule has 25 heavy (non-hydrogen) atoms. The van der Waals surface area contributed by atoms with Crippen molar-refractivity contribution in [1.29, 1.82) is 0 Å². The molecule has 1 fully saturated rings. The molecule has 0 amide bonds. The average Bonchev–Trinajstić information content (AvgIpc) is 2.67. The minimum Gasteiger partial charge on any atom is -0.497 e. The Hall–Kier alpha value is -2.53. The van der Waals surface area contributed by atoms with Gasteiger partial charge in [0.25, 0.3) is 0 Å². The molecular weight excluding hydrogens is 320 g/mol. The summed E-state index contributed by atoms with van der Waals surface area (Å²) in [5.74, 6) is 1.87. The molecule has 5 nitrogen and oxygen atoms in total. The van der Waals surface area contributed by atoms with E-state index in [1.807, 2.05) is 24.3 Å². The molecule has 2 aromatic carbocycles. The van der Waals surface area contributed by atoms with E-state index in [0.29, 0.717) is 29.2 Å². The van der Waals surface area contributed by atoms with E-state index in [0.717, 1.165) is 42.6 Å². The molecule has 0 atom stereocenters. The highest BCUT2D eigenvalue weighted by Gasteiger charge is 2.15. The minimum absolute atomic E-state index is 0.372. The van der Waals surface area contributed by atoms with Crippen LogP contribution in [0.2, 0.25) is 0 Å². The third-order valence-corrected chi connectivity index (χ3v) is 4.72. The van der Waals surface area contributed by atoms with Crippen LogP contribution in [0.25, 0.3) is 21.7 Å². The van der Waals surface area contributed by atoms with E-state index in [2.05, 4.69) is 0 Å². The summed E-state index contributed by atoms with van der Waals surface area (Å²) in [5, 5.41) is 2.25. The molecule has 0 N–H and O–H groups in total. The van der Waals surface area contributed by atoms with Gasteiger partial charge in [-0.15, -0.1) is 0 Å². The summed E-state index contributed by atoms with van der Waals surface area (Å²) in [7, 11) is 1.58. The first kappa shape index (κ1) is 16.0. The van der Waals surface area contributed by atoms with Crippen molar-refractivity contribution in [3.05, 3.63) is 46.8 Å². The van der Waals surface area contributed by atoms with E-state index >= 15 is 0 Å². The van der Waals surface area contributed by atoms with Gasteiger partial charge in [0.2, 0.25) is 0 Å². The Kier molecular flexibility index (Phi) is 4.32. The van der Waals surface area contributed by atoms with E-state index in [1.54, 1.807) is 19.2 Å². The Labute approximate surface area is 145 Å². The topological polar surface area (TPSA) is 57.9 Å². The van der Waals surface area contributed by atoms with Gasteiger partial charge in [-0.3, -0.25) is 0 Å². The number of hydrogen-bond donors (Lipinski definition) is 0. The molecule has 3 aromatic rings. The molecule has 5 heteroatoms. The predicted molar refractivity (Wildman–Crippen MR) is 95.6 cm³/mol. The van der Waals surface area contributed by atoms with Crippen LogP contribution >= 0.6 is 0 Å². The van der Waals surface area contributed by atoms with E-state index < -0.39 is 0 Å². The smallest absolute Gasteiger partial charge is 0.344 e. The third-order valence-electron chi connectivity index (χ3n) is 4.72. The Morgan fingerprint density at radius 3 is 2.56 bits per heavy atom. The second-order valence-corrected chi connectivity index (χ2v) is 6.33. The molecule has 1 aliphatic rings. The van der Waals surface area contributed by atoms with Gasteiger partial charge >= 0.3 is 5.63 Å². The van der Waals surface area contributed by atoms with Crippen LogP contribution in [0.3, 0.4) is 0 Å². The van der Waals surface area contributed by atoms with Crippen molar-refractivity contribution >= 4 is 21.7 Å². The Balaban J connectivity index is 1.66. The molecule has 1 aliphatic heterocycles. The SMILES string of the molecule is COc1ccc2c(c1)c(=O)oc1cc(OCC3CCOCC3)ccc12. The molecule has 0 bridgehead atoms. The summed E-state index contributed by atoms with van der Waals surface area (Å²) in [6.45, 7) is 2.26. The first-order valence-electron chi connectivity index (χ1n) is 8.50. The molecule has 130 valence electrons. The fourth-order valence-electron chi connectivity index (χ4n) is 3.24. The Morgan fingerprint density at radius 1 is 1.00 bits per heavy atom. The zero-order valence-electron chi connectivity index (χ0n) is 14.1. The van der Waals surface area contributed by atoms with Crippen LogP contribution in [0.5, 0.6) is 11.5 Å². The molecule has 2 heterocycles. The largest absolute Gasteiger partial charge is 0.497 e. The van der Waals surface area contributed by atoms with Crippen LogP contribution in [0.1, 0.15) is 12.8 Å². The van der Waals surface area contributed by atoms with Crippen LogP contribution in [0.4, 0.5) is 0 Å². The highest BCUT2D eigenvalue weighted by molar-refractivity contribution is 6.04. The van der Waals surface area contributed by atoms with Crippen LogP contribution in [-0.4, -0.2) is 26.9 Å². The van der Waals surface area contributed by atoms with Crippen LogP contribution in [-0.2, 0) is 4.74 Å². The number of benzene rings is 2. The highest BCUT2D eigenvalue weighted by Crippen LogP contribution is 2.29. The Bertz CT molecular complexity index is 953. The maximum Gasteiger partial charge on any atom is 0.344 e. The molecule has 0 spiro atoms. The Morgan fingerprint density at radius 2 is 1.76 bits per heavy atom. The summed E-state index contributed by atoms with van der Waals surface area (Å²) >= 11 is 0. The van der Waals surface area contributed by atoms with Gasteiger partial charge in [-0.1, -0.05) is 0 Å². The second-order valence-electron chi connectivity index (χ2n) is 6.33. The fraction of sp³-hybridized carbons (Fsp3) is 0.350. The first-order chi connectivity index (χ1) is 12.2. The van der Waals surface area contributed by atoms with Gasteiger partial charge in [0.15, 0.2) is 0 Å². The lowest BCUT2D eigenvalue weighted by molar-refractivity contribution is 0.0497. The second kappa shape index (κ2) is 6.76. The van der Waals surface area contributed by atoms with Crippen molar-refractivity contribution in [3.63, 3.8) is 0 Å². The summed E-state index contributed by atoms with van der Waals surface area (Å²) in [6, 6.07) is 11.1. The number of rotatable bonds is 4. The summed E-state index contributed by atoms with van der Waals surface area (Å²) < 4.78 is 22.0. The van der Waals surface area contributed by atoms with Crippen molar-refractivity contribution in [2.75, 3.05) is 26.9 Å². The molecule has 0 saturated carbocycles. The average molecular weight is 340 g/mol.